The lowest BCUT2D eigenvalue weighted by atomic mass is 10.0. The molecule has 5 aromatic rings. The van der Waals surface area contributed by atoms with Gasteiger partial charge in [-0.1, -0.05) is 142 Å². The van der Waals surface area contributed by atoms with E-state index in [1.807, 2.05) is 97.1 Å². The predicted octanol–water partition coefficient (Wildman–Crippen LogP) is 7.84. The van der Waals surface area contributed by atoms with Crippen LogP contribution >= 0.6 is 18.2 Å². The Bertz CT molecular complexity index is 2070. The molecule has 0 aliphatic carbocycles. The zero-order chi connectivity index (χ0) is 37.2. The van der Waals surface area contributed by atoms with Crippen molar-refractivity contribution >= 4 is 36.9 Å². The molecule has 3 heterocycles. The molecular formula is C41H45N2O7PSSi. The van der Waals surface area contributed by atoms with Gasteiger partial charge in [0.2, 0.25) is 0 Å². The van der Waals surface area contributed by atoms with Gasteiger partial charge >= 0.3 is 12.5 Å². The number of aryl methyl sites for hydroxylation is 1. The molecule has 2 aliphatic rings. The van der Waals surface area contributed by atoms with Crippen LogP contribution in [0.5, 0.6) is 0 Å². The standard InChI is InChI=1S/C41H45N2O7PSSi/c1-29-27-43(40(45)42-39(29)44)38-26-35(50-51(46)49-34(30-17-9-5-10-18-30)25-37(52-51)31-19-11-6-12-20-31)36(48-38)28-47-53(41(2,3)4,32-21-13-7-14-22-32)33-23-15-8-16-24-33/h5-24,27,34-38H,25-26,28H2,1-4H3,(H,42,44,45)/t34-,35-,36+,37+,38+,51-/m0/s1. The number of benzene rings is 4. The minimum Gasteiger partial charge on any atom is -0.405 e. The SMILES string of the molecule is Cc1cn([C@H]2C[C@H](O[P@]3(=O)O[C@H](c4ccccc4)C[C@H](c4ccccc4)S3)[C@@H](CO[Si](c3ccccc3)(c3ccccc3)C(C)(C)C)O2)c(=O)[nH]c1=O. The van der Waals surface area contributed by atoms with E-state index in [2.05, 4.69) is 50.0 Å². The molecule has 0 saturated carbocycles. The molecule has 0 radical (unpaired) electrons. The summed E-state index contributed by atoms with van der Waals surface area (Å²) in [5.74, 6) is 0. The Morgan fingerprint density at radius 3 is 1.94 bits per heavy atom. The number of aromatic amines is 1. The van der Waals surface area contributed by atoms with Gasteiger partial charge in [0.25, 0.3) is 13.9 Å². The molecule has 1 N–H and O–H groups in total. The van der Waals surface area contributed by atoms with E-state index in [-0.39, 0.29) is 23.3 Å². The highest BCUT2D eigenvalue weighted by Gasteiger charge is 2.53. The molecule has 2 saturated heterocycles. The molecule has 0 unspecified atom stereocenters. The Hall–Kier alpha value is -3.80. The maximum Gasteiger partial charge on any atom is 0.390 e. The Morgan fingerprint density at radius 2 is 1.38 bits per heavy atom. The van der Waals surface area contributed by atoms with Crippen molar-refractivity contribution in [1.29, 1.82) is 0 Å². The third-order valence-corrected chi connectivity index (χ3v) is 19.1. The zero-order valence-corrected chi connectivity index (χ0v) is 33.0. The summed E-state index contributed by atoms with van der Waals surface area (Å²) in [7, 11) is -3.01. The van der Waals surface area contributed by atoms with Crippen LogP contribution in [0.15, 0.2) is 137 Å². The molecule has 2 aliphatic heterocycles. The van der Waals surface area contributed by atoms with Crippen LogP contribution in [0.25, 0.3) is 0 Å². The zero-order valence-electron chi connectivity index (χ0n) is 30.3. The monoisotopic (exact) mass is 768 g/mol. The molecule has 6 atom stereocenters. The van der Waals surface area contributed by atoms with Crippen molar-refractivity contribution in [2.45, 2.75) is 75.4 Å². The third kappa shape index (κ3) is 7.89. The summed E-state index contributed by atoms with van der Waals surface area (Å²) in [5, 5.41) is 1.75. The van der Waals surface area contributed by atoms with E-state index in [0.717, 1.165) is 21.5 Å². The second-order valence-electron chi connectivity index (χ2n) is 14.7. The van der Waals surface area contributed by atoms with Gasteiger partial charge in [-0.15, -0.1) is 0 Å². The van der Waals surface area contributed by atoms with Gasteiger partial charge in [-0.05, 0) is 51.3 Å². The fourth-order valence-electron chi connectivity index (χ4n) is 7.46. The second kappa shape index (κ2) is 15.5. The topological polar surface area (TPSA) is 109 Å². The van der Waals surface area contributed by atoms with Gasteiger partial charge in [0.1, 0.15) is 18.4 Å². The summed E-state index contributed by atoms with van der Waals surface area (Å²) in [5.41, 5.74) is 1.26. The van der Waals surface area contributed by atoms with Crippen molar-refractivity contribution < 1.29 is 22.8 Å². The van der Waals surface area contributed by atoms with Gasteiger partial charge in [-0.2, -0.15) is 0 Å². The number of hydrogen-bond acceptors (Lipinski definition) is 8. The maximum atomic E-state index is 15.0. The van der Waals surface area contributed by atoms with Crippen LogP contribution < -0.4 is 21.6 Å². The van der Waals surface area contributed by atoms with E-state index < -0.39 is 50.9 Å². The Morgan fingerprint density at radius 1 is 0.830 bits per heavy atom. The molecule has 4 aromatic carbocycles. The summed E-state index contributed by atoms with van der Waals surface area (Å²) in [6.07, 6.45) is -0.499. The highest BCUT2D eigenvalue weighted by molar-refractivity contribution is 8.55. The molecule has 53 heavy (non-hydrogen) atoms. The van der Waals surface area contributed by atoms with Gasteiger partial charge in [0.05, 0.1) is 12.7 Å². The minimum absolute atomic E-state index is 0.0976. The van der Waals surface area contributed by atoms with Crippen LogP contribution in [0.2, 0.25) is 5.04 Å². The highest BCUT2D eigenvalue weighted by atomic mass is 32.7. The van der Waals surface area contributed by atoms with Crippen LogP contribution in [-0.2, 0) is 22.8 Å². The highest BCUT2D eigenvalue weighted by Crippen LogP contribution is 2.73. The van der Waals surface area contributed by atoms with Crippen LogP contribution in [0.3, 0.4) is 0 Å². The van der Waals surface area contributed by atoms with Crippen LogP contribution in [0, 0.1) is 6.92 Å². The molecule has 2 fully saturated rings. The summed E-state index contributed by atoms with van der Waals surface area (Å²) in [4.78, 5) is 27.8. The van der Waals surface area contributed by atoms with Crippen LogP contribution in [0.1, 0.15) is 67.9 Å². The number of rotatable bonds is 10. The van der Waals surface area contributed by atoms with Crippen molar-refractivity contribution in [2.24, 2.45) is 0 Å². The first-order valence-corrected chi connectivity index (χ1v) is 22.9. The lowest BCUT2D eigenvalue weighted by molar-refractivity contribution is -0.0408. The number of nitrogens with one attached hydrogen (secondary N) is 1. The number of aromatic nitrogens is 2. The van der Waals surface area contributed by atoms with Gasteiger partial charge in [0.15, 0.2) is 0 Å². The number of nitrogens with zero attached hydrogens (tertiary/aromatic N) is 1. The summed E-state index contributed by atoms with van der Waals surface area (Å²) in [6.45, 7) is 4.48. The molecule has 0 spiro atoms. The largest absolute Gasteiger partial charge is 0.405 e. The van der Waals surface area contributed by atoms with Gasteiger partial charge < -0.3 is 9.16 Å². The molecule has 1 aromatic heterocycles. The number of H-pyrrole nitrogens is 1. The van der Waals surface area contributed by atoms with Crippen molar-refractivity contribution in [3.8, 4) is 0 Å². The van der Waals surface area contributed by atoms with E-state index >= 15 is 4.57 Å². The van der Waals surface area contributed by atoms with Crippen molar-refractivity contribution in [1.82, 2.24) is 9.55 Å². The summed E-state index contributed by atoms with van der Waals surface area (Å²) in [6, 6.07) is 40.4. The lowest BCUT2D eigenvalue weighted by Crippen LogP contribution is -2.67. The molecule has 12 heteroatoms. The smallest absolute Gasteiger partial charge is 0.390 e. The quantitative estimate of drug-likeness (QED) is 0.113. The number of hydrogen-bond donors (Lipinski definition) is 1. The van der Waals surface area contributed by atoms with Gasteiger partial charge in [-0.3, -0.25) is 23.4 Å². The maximum absolute atomic E-state index is 15.0. The van der Waals surface area contributed by atoms with E-state index in [0.29, 0.717) is 12.0 Å². The van der Waals surface area contributed by atoms with Crippen molar-refractivity contribution in [3.05, 3.63) is 165 Å². The predicted molar refractivity (Wildman–Crippen MR) is 212 cm³/mol. The summed E-state index contributed by atoms with van der Waals surface area (Å²) < 4.78 is 43.5. The average molecular weight is 769 g/mol. The van der Waals surface area contributed by atoms with Crippen LogP contribution in [0.4, 0.5) is 0 Å². The molecule has 0 bridgehead atoms. The normalized spacial score (nSPS) is 24.9. The van der Waals surface area contributed by atoms with Crippen LogP contribution in [-0.4, -0.2) is 36.7 Å². The van der Waals surface area contributed by atoms with Crippen molar-refractivity contribution in [3.63, 3.8) is 0 Å². The molecule has 7 rings (SSSR count). The molecule has 0 amide bonds. The lowest BCUT2D eigenvalue weighted by Gasteiger charge is -2.43. The summed E-state index contributed by atoms with van der Waals surface area (Å²) >= 11 is 1.21. The Kier molecular flexibility index (Phi) is 11.0. The first-order valence-electron chi connectivity index (χ1n) is 17.9. The fraction of sp³-hybridized carbons (Fsp3) is 0.317. The second-order valence-corrected chi connectivity index (χ2v) is 23.0. The minimum atomic E-state index is -3.86. The first-order chi connectivity index (χ1) is 25.5. The van der Waals surface area contributed by atoms with E-state index in [4.69, 9.17) is 18.2 Å². The molecule has 9 nitrogen and oxygen atoms in total. The Labute approximate surface area is 315 Å². The van der Waals surface area contributed by atoms with E-state index in [1.54, 1.807) is 6.92 Å². The number of ether oxygens (including phenoxy) is 1. The molecular weight excluding hydrogens is 724 g/mol. The van der Waals surface area contributed by atoms with Gasteiger partial charge in [0, 0.05) is 23.4 Å². The average Bonchev–Trinajstić information content (AvgIpc) is 3.55. The fourth-order valence-corrected chi connectivity index (χ4v) is 16.6. The van der Waals surface area contributed by atoms with E-state index in [9.17, 15) is 9.59 Å². The molecule has 276 valence electrons. The van der Waals surface area contributed by atoms with E-state index in [1.165, 1.54) is 22.1 Å². The Balaban J connectivity index is 1.26. The third-order valence-electron chi connectivity index (χ3n) is 10.1. The first kappa shape index (κ1) is 37.5. The van der Waals surface area contributed by atoms with Crippen molar-refractivity contribution in [2.75, 3.05) is 6.61 Å². The van der Waals surface area contributed by atoms with Gasteiger partial charge in [-0.25, -0.2) is 9.36 Å².